The van der Waals surface area contributed by atoms with Crippen molar-refractivity contribution < 1.29 is 5.11 Å². The van der Waals surface area contributed by atoms with Gasteiger partial charge in [0.25, 0.3) is 0 Å². The number of benzene rings is 1. The van der Waals surface area contributed by atoms with E-state index in [1.54, 1.807) is 0 Å². The molecule has 1 aliphatic rings. The molecule has 0 amide bonds. The van der Waals surface area contributed by atoms with E-state index in [0.717, 1.165) is 41.9 Å². The van der Waals surface area contributed by atoms with E-state index in [9.17, 15) is 5.11 Å². The molecule has 1 aromatic rings. The maximum absolute atomic E-state index is 10.3. The number of halogens is 2. The number of hydrogen-bond donors (Lipinski definition) is 1. The molecular formula is C17H27I2N3O. The number of aromatic hydroxyl groups is 1. The van der Waals surface area contributed by atoms with Crippen molar-refractivity contribution in [2.75, 3.05) is 47.3 Å². The van der Waals surface area contributed by atoms with Crippen LogP contribution in [-0.2, 0) is 6.54 Å². The summed E-state index contributed by atoms with van der Waals surface area (Å²) in [6, 6.07) is 4.81. The monoisotopic (exact) mass is 543 g/mol. The zero-order chi connectivity index (χ0) is 17.0. The Hall–Kier alpha value is 0.360. The van der Waals surface area contributed by atoms with Gasteiger partial charge in [0.05, 0.1) is 3.57 Å². The van der Waals surface area contributed by atoms with Crippen molar-refractivity contribution in [3.63, 3.8) is 0 Å². The molecule has 1 fully saturated rings. The second-order valence-electron chi connectivity index (χ2n) is 6.69. The zero-order valence-corrected chi connectivity index (χ0v) is 18.5. The first-order valence-electron chi connectivity index (χ1n) is 8.11. The molecule has 1 aliphatic heterocycles. The molecule has 0 atom stereocenters. The van der Waals surface area contributed by atoms with E-state index in [2.05, 4.69) is 87.1 Å². The van der Waals surface area contributed by atoms with Crippen LogP contribution in [0.1, 0.15) is 18.4 Å². The van der Waals surface area contributed by atoms with E-state index in [-0.39, 0.29) is 0 Å². The highest BCUT2D eigenvalue weighted by Gasteiger charge is 2.23. The second kappa shape index (κ2) is 9.17. The number of likely N-dealkylation sites (N-methyl/N-ethyl adjacent to an activating group) is 2. The molecule has 2 rings (SSSR count). The van der Waals surface area contributed by atoms with E-state index >= 15 is 0 Å². The van der Waals surface area contributed by atoms with Crippen molar-refractivity contribution in [2.24, 2.45) is 0 Å². The van der Waals surface area contributed by atoms with Crippen LogP contribution in [0.3, 0.4) is 0 Å². The number of phenolic OH excluding ortho intramolecular Hbond substituents is 1. The van der Waals surface area contributed by atoms with Crippen molar-refractivity contribution in [1.29, 1.82) is 0 Å². The van der Waals surface area contributed by atoms with E-state index in [1.165, 1.54) is 16.4 Å². The third-order valence-corrected chi connectivity index (χ3v) is 6.03. The fourth-order valence-corrected chi connectivity index (χ4v) is 5.00. The maximum atomic E-state index is 10.3. The Morgan fingerprint density at radius 3 is 2.39 bits per heavy atom. The van der Waals surface area contributed by atoms with Gasteiger partial charge in [0.2, 0.25) is 0 Å². The summed E-state index contributed by atoms with van der Waals surface area (Å²) in [6.07, 6.45) is 2.43. The zero-order valence-electron chi connectivity index (χ0n) is 14.2. The van der Waals surface area contributed by atoms with Crippen molar-refractivity contribution in [1.82, 2.24) is 14.7 Å². The van der Waals surface area contributed by atoms with Crippen LogP contribution in [0.4, 0.5) is 0 Å². The lowest BCUT2D eigenvalue weighted by atomic mass is 10.0. The Labute approximate surface area is 167 Å². The van der Waals surface area contributed by atoms with Gasteiger partial charge < -0.3 is 14.9 Å². The number of phenols is 1. The van der Waals surface area contributed by atoms with Gasteiger partial charge in [-0.05, 0) is 104 Å². The first-order valence-corrected chi connectivity index (χ1v) is 10.3. The molecular weight excluding hydrogens is 516 g/mol. The number of likely N-dealkylation sites (tertiary alicyclic amines) is 1. The van der Waals surface area contributed by atoms with Gasteiger partial charge in [-0.3, -0.25) is 4.90 Å². The van der Waals surface area contributed by atoms with Gasteiger partial charge in [-0.2, -0.15) is 0 Å². The average Bonchev–Trinajstić information content (AvgIpc) is 2.50. The fraction of sp³-hybridized carbons (Fsp3) is 0.647. The predicted octanol–water partition coefficient (Wildman–Crippen LogP) is 3.06. The molecule has 1 N–H and O–H groups in total. The number of rotatable bonds is 6. The lowest BCUT2D eigenvalue weighted by molar-refractivity contribution is 0.117. The Kier molecular flexibility index (Phi) is 7.84. The molecule has 0 aromatic heterocycles. The summed E-state index contributed by atoms with van der Waals surface area (Å²) in [6.45, 7) is 5.32. The molecule has 1 saturated heterocycles. The lowest BCUT2D eigenvalue weighted by Crippen LogP contribution is -2.44. The van der Waals surface area contributed by atoms with Crippen molar-refractivity contribution in [3.8, 4) is 5.75 Å². The summed E-state index contributed by atoms with van der Waals surface area (Å²) in [7, 11) is 6.51. The van der Waals surface area contributed by atoms with Gasteiger partial charge in [0.1, 0.15) is 5.75 Å². The molecule has 0 saturated carbocycles. The molecule has 4 nitrogen and oxygen atoms in total. The predicted molar refractivity (Wildman–Crippen MR) is 113 cm³/mol. The van der Waals surface area contributed by atoms with Crippen LogP contribution in [0.15, 0.2) is 12.1 Å². The van der Waals surface area contributed by atoms with Crippen molar-refractivity contribution in [2.45, 2.75) is 25.4 Å². The third kappa shape index (κ3) is 5.98. The van der Waals surface area contributed by atoms with Gasteiger partial charge in [0, 0.05) is 34.8 Å². The highest BCUT2D eigenvalue weighted by atomic mass is 127. The van der Waals surface area contributed by atoms with Crippen LogP contribution < -0.4 is 0 Å². The van der Waals surface area contributed by atoms with Crippen molar-refractivity contribution >= 4 is 45.2 Å². The van der Waals surface area contributed by atoms with Crippen LogP contribution in [0.5, 0.6) is 5.75 Å². The fourth-order valence-electron chi connectivity index (χ4n) is 3.04. The normalized spacial score (nSPS) is 17.3. The van der Waals surface area contributed by atoms with E-state index in [1.807, 2.05) is 6.07 Å². The Bertz CT molecular complexity index is 517. The van der Waals surface area contributed by atoms with Gasteiger partial charge in [-0.15, -0.1) is 0 Å². The van der Waals surface area contributed by atoms with Crippen LogP contribution in [0, 0.1) is 7.14 Å². The molecule has 1 heterocycles. The van der Waals surface area contributed by atoms with E-state index in [0.29, 0.717) is 11.8 Å². The summed E-state index contributed by atoms with van der Waals surface area (Å²) in [5.41, 5.74) is 1.06. The first-order chi connectivity index (χ1) is 10.9. The quantitative estimate of drug-likeness (QED) is 0.560. The van der Waals surface area contributed by atoms with Crippen LogP contribution in [-0.4, -0.2) is 73.2 Å². The SMILES string of the molecule is CN(C)CCN(C)C1CCN(Cc2cc(I)cc(I)c2O)CC1. The molecule has 6 heteroatoms. The minimum atomic E-state index is 0.455. The highest BCUT2D eigenvalue weighted by Crippen LogP contribution is 2.29. The molecule has 23 heavy (non-hydrogen) atoms. The number of nitrogens with zero attached hydrogens (tertiary/aromatic N) is 3. The van der Waals surface area contributed by atoms with E-state index < -0.39 is 0 Å². The summed E-state index contributed by atoms with van der Waals surface area (Å²) < 4.78 is 2.14. The summed E-state index contributed by atoms with van der Waals surface area (Å²) in [5, 5.41) is 10.3. The first kappa shape index (κ1) is 19.7. The molecule has 0 unspecified atom stereocenters. The van der Waals surface area contributed by atoms with Gasteiger partial charge >= 0.3 is 0 Å². The van der Waals surface area contributed by atoms with Gasteiger partial charge in [-0.25, -0.2) is 0 Å². The van der Waals surface area contributed by atoms with E-state index in [4.69, 9.17) is 0 Å². The standard InChI is InChI=1S/C17H27I2N3O/c1-20(2)8-9-21(3)15-4-6-22(7-5-15)12-13-10-14(18)11-16(19)17(13)23/h10-11,15,23H,4-9,12H2,1-3H3. The maximum Gasteiger partial charge on any atom is 0.133 e. The molecule has 0 aliphatic carbocycles. The molecule has 0 bridgehead atoms. The van der Waals surface area contributed by atoms with Gasteiger partial charge in [-0.1, -0.05) is 0 Å². The minimum Gasteiger partial charge on any atom is -0.507 e. The average molecular weight is 543 g/mol. The minimum absolute atomic E-state index is 0.455. The topological polar surface area (TPSA) is 30.0 Å². The largest absolute Gasteiger partial charge is 0.507 e. The highest BCUT2D eigenvalue weighted by molar-refractivity contribution is 14.1. The van der Waals surface area contributed by atoms with Crippen LogP contribution in [0.25, 0.3) is 0 Å². The molecule has 130 valence electrons. The summed E-state index contributed by atoms with van der Waals surface area (Å²) in [5.74, 6) is 0.455. The van der Waals surface area contributed by atoms with Crippen molar-refractivity contribution in [3.05, 3.63) is 24.8 Å². The molecule has 1 aromatic carbocycles. The van der Waals surface area contributed by atoms with Gasteiger partial charge in [0.15, 0.2) is 0 Å². The Morgan fingerprint density at radius 1 is 1.13 bits per heavy atom. The Morgan fingerprint density at radius 2 is 1.78 bits per heavy atom. The summed E-state index contributed by atoms with van der Waals surface area (Å²) >= 11 is 4.54. The smallest absolute Gasteiger partial charge is 0.133 e. The second-order valence-corrected chi connectivity index (χ2v) is 9.09. The molecule has 0 spiro atoms. The van der Waals surface area contributed by atoms with Crippen LogP contribution in [0.2, 0.25) is 0 Å². The third-order valence-electron chi connectivity index (χ3n) is 4.58. The number of piperidine rings is 1. The number of hydrogen-bond acceptors (Lipinski definition) is 4. The lowest BCUT2D eigenvalue weighted by Gasteiger charge is -2.37. The molecule has 0 radical (unpaired) electrons. The van der Waals surface area contributed by atoms with Crippen LogP contribution >= 0.6 is 45.2 Å². The Balaban J connectivity index is 1.85. The summed E-state index contributed by atoms with van der Waals surface area (Å²) in [4.78, 5) is 7.22.